The lowest BCUT2D eigenvalue weighted by molar-refractivity contribution is 0.0589. The molecule has 1 aliphatic rings. The summed E-state index contributed by atoms with van der Waals surface area (Å²) in [5.41, 5.74) is 0.865. The highest BCUT2D eigenvalue weighted by atomic mass is 79.9. The average Bonchev–Trinajstić information content (AvgIpc) is 2.98. The Morgan fingerprint density at radius 1 is 1.26 bits per heavy atom. The molecule has 19 heavy (non-hydrogen) atoms. The van der Waals surface area contributed by atoms with Crippen molar-refractivity contribution in [1.29, 1.82) is 0 Å². The molecule has 0 spiro atoms. The van der Waals surface area contributed by atoms with E-state index in [2.05, 4.69) is 25.9 Å². The van der Waals surface area contributed by atoms with E-state index in [4.69, 9.17) is 0 Å². The highest BCUT2D eigenvalue weighted by Gasteiger charge is 2.39. The molecule has 3 rings (SSSR count). The molecule has 6 heteroatoms. The molecule has 96 valence electrons. The van der Waals surface area contributed by atoms with Crippen LogP contribution in [0.4, 0.5) is 0 Å². The Hall–Kier alpha value is -1.95. The van der Waals surface area contributed by atoms with Crippen LogP contribution in [-0.4, -0.2) is 26.7 Å². The Labute approximate surface area is 117 Å². The summed E-state index contributed by atoms with van der Waals surface area (Å²) in [5.74, 6) is 0.0233. The van der Waals surface area contributed by atoms with E-state index in [0.29, 0.717) is 17.0 Å². The molecule has 1 unspecified atom stereocenters. The molecule has 2 amide bonds. The molecule has 2 heterocycles. The Kier molecular flexibility index (Phi) is 2.74. The predicted molar refractivity (Wildman–Crippen MR) is 71.6 cm³/mol. The van der Waals surface area contributed by atoms with Crippen LogP contribution in [0.25, 0.3) is 0 Å². The van der Waals surface area contributed by atoms with Gasteiger partial charge in [-0.1, -0.05) is 15.9 Å². The molecule has 1 N–H and O–H groups in total. The molecule has 0 bridgehead atoms. The molecule has 5 nitrogen and oxygen atoms in total. The number of H-pyrrole nitrogens is 1. The standard InChI is InChI=1S/C13H10BrN3O2/c1-7(11-15-4-5-16-11)17-12(18)9-3-2-8(14)6-10(9)13(17)19/h2-7H,1H3,(H,15,16). The van der Waals surface area contributed by atoms with Gasteiger partial charge in [0.05, 0.1) is 17.2 Å². The Balaban J connectivity index is 2.03. The summed E-state index contributed by atoms with van der Waals surface area (Å²) in [5, 5.41) is 0. The number of hydrogen-bond donors (Lipinski definition) is 1. The van der Waals surface area contributed by atoms with Gasteiger partial charge < -0.3 is 4.98 Å². The minimum absolute atomic E-state index is 0.281. The minimum Gasteiger partial charge on any atom is -0.347 e. The molecule has 1 aromatic heterocycles. The Bertz CT molecular complexity index is 667. The number of nitrogens with one attached hydrogen (secondary N) is 1. The van der Waals surface area contributed by atoms with Crippen LogP contribution < -0.4 is 0 Å². The van der Waals surface area contributed by atoms with E-state index in [9.17, 15) is 9.59 Å². The third kappa shape index (κ3) is 1.79. The van der Waals surface area contributed by atoms with E-state index in [-0.39, 0.29) is 11.8 Å². The number of imide groups is 1. The summed E-state index contributed by atoms with van der Waals surface area (Å²) in [4.78, 5) is 32.9. The largest absolute Gasteiger partial charge is 0.347 e. The number of aromatic amines is 1. The number of carbonyl (C=O) groups excluding carboxylic acids is 2. The monoisotopic (exact) mass is 319 g/mol. The first-order valence-electron chi connectivity index (χ1n) is 5.76. The van der Waals surface area contributed by atoms with Crippen LogP contribution in [0.15, 0.2) is 35.1 Å². The van der Waals surface area contributed by atoms with Gasteiger partial charge in [-0.05, 0) is 25.1 Å². The zero-order chi connectivity index (χ0) is 13.6. The summed E-state index contributed by atoms with van der Waals surface area (Å²) >= 11 is 3.31. The number of benzene rings is 1. The summed E-state index contributed by atoms with van der Waals surface area (Å²) < 4.78 is 0.778. The third-order valence-corrected chi connectivity index (χ3v) is 3.68. The van der Waals surface area contributed by atoms with E-state index in [1.165, 1.54) is 4.90 Å². The molecule has 1 atom stereocenters. The van der Waals surface area contributed by atoms with Gasteiger partial charge in [0.15, 0.2) is 0 Å². The first-order valence-corrected chi connectivity index (χ1v) is 6.55. The van der Waals surface area contributed by atoms with Crippen LogP contribution >= 0.6 is 15.9 Å². The van der Waals surface area contributed by atoms with Crippen LogP contribution in [-0.2, 0) is 0 Å². The van der Waals surface area contributed by atoms with Crippen molar-refractivity contribution in [2.75, 3.05) is 0 Å². The van der Waals surface area contributed by atoms with E-state index in [1.54, 1.807) is 37.5 Å². The normalized spacial score (nSPS) is 15.8. The number of aromatic nitrogens is 2. The maximum Gasteiger partial charge on any atom is 0.262 e. The lowest BCUT2D eigenvalue weighted by Crippen LogP contribution is -2.33. The number of rotatable bonds is 2. The molecule has 0 aliphatic carbocycles. The van der Waals surface area contributed by atoms with Crippen molar-refractivity contribution in [3.05, 3.63) is 52.0 Å². The quantitative estimate of drug-likeness (QED) is 0.865. The number of fused-ring (bicyclic) bond motifs is 1. The van der Waals surface area contributed by atoms with Gasteiger partial charge in [-0.3, -0.25) is 14.5 Å². The van der Waals surface area contributed by atoms with Crippen LogP contribution in [0.1, 0.15) is 39.5 Å². The zero-order valence-corrected chi connectivity index (χ0v) is 11.6. The van der Waals surface area contributed by atoms with Crippen molar-refractivity contribution in [1.82, 2.24) is 14.9 Å². The fraction of sp³-hybridized carbons (Fsp3) is 0.154. The SMILES string of the molecule is CC(c1ncc[nH]1)N1C(=O)c2ccc(Br)cc2C1=O. The number of halogens is 1. The molecule has 0 fully saturated rings. The number of amides is 2. The van der Waals surface area contributed by atoms with Crippen molar-refractivity contribution in [2.45, 2.75) is 13.0 Å². The Morgan fingerprint density at radius 2 is 2.00 bits per heavy atom. The van der Waals surface area contributed by atoms with E-state index in [1.807, 2.05) is 0 Å². The van der Waals surface area contributed by atoms with Crippen molar-refractivity contribution < 1.29 is 9.59 Å². The van der Waals surface area contributed by atoms with Gasteiger partial charge in [-0.25, -0.2) is 4.98 Å². The smallest absolute Gasteiger partial charge is 0.262 e. The van der Waals surface area contributed by atoms with Crippen molar-refractivity contribution in [3.63, 3.8) is 0 Å². The van der Waals surface area contributed by atoms with Gasteiger partial charge in [-0.2, -0.15) is 0 Å². The first-order chi connectivity index (χ1) is 9.09. The molecular formula is C13H10BrN3O2. The summed E-state index contributed by atoms with van der Waals surface area (Å²) in [6, 6.07) is 4.67. The van der Waals surface area contributed by atoms with Gasteiger partial charge in [0, 0.05) is 16.9 Å². The van der Waals surface area contributed by atoms with Gasteiger partial charge in [-0.15, -0.1) is 0 Å². The summed E-state index contributed by atoms with van der Waals surface area (Å²) in [6.07, 6.45) is 3.27. The molecule has 0 saturated heterocycles. The predicted octanol–water partition coefficient (Wildman–Crippen LogP) is 2.53. The fourth-order valence-electron chi connectivity index (χ4n) is 2.21. The lowest BCUT2D eigenvalue weighted by Gasteiger charge is -2.20. The number of imidazole rings is 1. The van der Waals surface area contributed by atoms with Crippen LogP contribution in [0.3, 0.4) is 0 Å². The molecule has 1 aromatic carbocycles. The minimum atomic E-state index is -0.416. The highest BCUT2D eigenvalue weighted by molar-refractivity contribution is 9.10. The van der Waals surface area contributed by atoms with E-state index >= 15 is 0 Å². The number of nitrogens with zero attached hydrogens (tertiary/aromatic N) is 2. The highest BCUT2D eigenvalue weighted by Crippen LogP contribution is 2.31. The summed E-state index contributed by atoms with van der Waals surface area (Å²) in [6.45, 7) is 1.77. The van der Waals surface area contributed by atoms with Gasteiger partial charge in [0.25, 0.3) is 11.8 Å². The zero-order valence-electron chi connectivity index (χ0n) is 10.1. The van der Waals surface area contributed by atoms with Crippen LogP contribution in [0.2, 0.25) is 0 Å². The maximum atomic E-state index is 12.3. The second-order valence-electron chi connectivity index (χ2n) is 4.32. The molecule has 2 aromatic rings. The van der Waals surface area contributed by atoms with Crippen LogP contribution in [0, 0.1) is 0 Å². The second-order valence-corrected chi connectivity index (χ2v) is 5.24. The second kappa shape index (κ2) is 4.31. The average molecular weight is 320 g/mol. The lowest BCUT2D eigenvalue weighted by atomic mass is 10.1. The molecular weight excluding hydrogens is 310 g/mol. The maximum absolute atomic E-state index is 12.3. The number of hydrogen-bond acceptors (Lipinski definition) is 3. The van der Waals surface area contributed by atoms with Gasteiger partial charge >= 0.3 is 0 Å². The topological polar surface area (TPSA) is 66.1 Å². The van der Waals surface area contributed by atoms with Crippen LogP contribution in [0.5, 0.6) is 0 Å². The third-order valence-electron chi connectivity index (χ3n) is 3.18. The van der Waals surface area contributed by atoms with E-state index in [0.717, 1.165) is 4.47 Å². The molecule has 0 radical (unpaired) electrons. The number of carbonyl (C=O) groups is 2. The van der Waals surface area contributed by atoms with Crippen molar-refractivity contribution >= 4 is 27.7 Å². The molecule has 0 saturated carbocycles. The first kappa shape index (κ1) is 12.1. The molecule has 1 aliphatic heterocycles. The van der Waals surface area contributed by atoms with E-state index < -0.39 is 6.04 Å². The van der Waals surface area contributed by atoms with Crippen molar-refractivity contribution in [2.24, 2.45) is 0 Å². The van der Waals surface area contributed by atoms with Gasteiger partial charge in [0.1, 0.15) is 5.82 Å². The Morgan fingerprint density at radius 3 is 2.68 bits per heavy atom. The fourth-order valence-corrected chi connectivity index (χ4v) is 2.57. The summed E-state index contributed by atoms with van der Waals surface area (Å²) in [7, 11) is 0. The van der Waals surface area contributed by atoms with Crippen molar-refractivity contribution in [3.8, 4) is 0 Å². The van der Waals surface area contributed by atoms with Gasteiger partial charge in [0.2, 0.25) is 0 Å².